The molecule has 1 aliphatic heterocycles. The molecule has 0 fully saturated rings. The van der Waals surface area contributed by atoms with Crippen LogP contribution in [0.1, 0.15) is 30.9 Å². The molecule has 3 rings (SSSR count). The minimum atomic E-state index is -1.16. The molecule has 7 nitrogen and oxygen atoms in total. The van der Waals surface area contributed by atoms with E-state index in [-0.39, 0.29) is 5.69 Å². The average molecular weight is 351 g/mol. The smallest absolute Gasteiger partial charge is 0.264 e. The van der Waals surface area contributed by atoms with Crippen molar-refractivity contribution in [2.45, 2.75) is 25.8 Å². The Labute approximate surface area is 150 Å². The second-order valence-corrected chi connectivity index (χ2v) is 6.14. The van der Waals surface area contributed by atoms with Gasteiger partial charge in [0.2, 0.25) is 0 Å². The lowest BCUT2D eigenvalue weighted by atomic mass is 9.77. The molecule has 2 atom stereocenters. The van der Waals surface area contributed by atoms with Crippen molar-refractivity contribution >= 4 is 17.0 Å². The largest absolute Gasteiger partial charge is 0.273 e. The van der Waals surface area contributed by atoms with Crippen LogP contribution >= 0.6 is 0 Å². The lowest BCUT2D eigenvalue weighted by Gasteiger charge is -2.28. The zero-order valence-electron chi connectivity index (χ0n) is 14.3. The van der Waals surface area contributed by atoms with Crippen LogP contribution in [-0.4, -0.2) is 21.6 Å². The van der Waals surface area contributed by atoms with Gasteiger partial charge in [0.15, 0.2) is 0 Å². The van der Waals surface area contributed by atoms with Gasteiger partial charge in [-0.1, -0.05) is 48.5 Å². The van der Waals surface area contributed by atoms with Crippen molar-refractivity contribution in [3.05, 3.63) is 91.6 Å². The Morgan fingerprint density at radius 2 is 1.54 bits per heavy atom. The third-order valence-electron chi connectivity index (χ3n) is 4.57. The van der Waals surface area contributed by atoms with E-state index in [2.05, 4.69) is 4.99 Å². The Balaban J connectivity index is 2.31. The van der Waals surface area contributed by atoms with Gasteiger partial charge in [-0.25, -0.2) is 0 Å². The highest BCUT2D eigenvalue weighted by Crippen LogP contribution is 2.44. The second-order valence-electron chi connectivity index (χ2n) is 6.14. The first-order valence-corrected chi connectivity index (χ1v) is 8.10. The first-order chi connectivity index (χ1) is 12.4. The molecule has 1 aliphatic rings. The van der Waals surface area contributed by atoms with Gasteiger partial charge in [-0.2, -0.15) is 0 Å². The van der Waals surface area contributed by atoms with Crippen molar-refractivity contribution in [3.8, 4) is 0 Å². The number of allylic oxidation sites excluding steroid dienone is 1. The van der Waals surface area contributed by atoms with Crippen LogP contribution in [0.3, 0.4) is 0 Å². The standard InChI is InChI=1S/C19H17N3O4/c1-12-17(14-8-4-3-5-9-14)18(19(22(25)26)13(2)20-12)15-10-6-7-11-16(15)21(23)24/h3-11,18-19H,1-2H3. The third-order valence-corrected chi connectivity index (χ3v) is 4.57. The highest BCUT2D eigenvalue weighted by atomic mass is 16.6. The zero-order chi connectivity index (χ0) is 18.8. The minimum Gasteiger partial charge on any atom is -0.264 e. The molecular weight excluding hydrogens is 334 g/mol. The van der Waals surface area contributed by atoms with Crippen LogP contribution in [0.25, 0.3) is 5.57 Å². The molecule has 0 bridgehead atoms. The normalized spacial score (nSPS) is 19.8. The first kappa shape index (κ1) is 17.5. The van der Waals surface area contributed by atoms with Crippen molar-refractivity contribution in [1.82, 2.24) is 0 Å². The number of hydrogen-bond donors (Lipinski definition) is 0. The molecule has 132 valence electrons. The van der Waals surface area contributed by atoms with Crippen LogP contribution in [0.4, 0.5) is 5.69 Å². The van der Waals surface area contributed by atoms with E-state index in [0.717, 1.165) is 5.56 Å². The molecule has 2 unspecified atom stereocenters. The van der Waals surface area contributed by atoms with Crippen molar-refractivity contribution in [2.24, 2.45) is 4.99 Å². The van der Waals surface area contributed by atoms with Gasteiger partial charge in [-0.3, -0.25) is 25.2 Å². The molecule has 0 aliphatic carbocycles. The summed E-state index contributed by atoms with van der Waals surface area (Å²) in [5, 5.41) is 23.4. The Morgan fingerprint density at radius 3 is 2.15 bits per heavy atom. The van der Waals surface area contributed by atoms with Crippen molar-refractivity contribution in [3.63, 3.8) is 0 Å². The van der Waals surface area contributed by atoms with E-state index in [1.807, 2.05) is 30.3 Å². The number of para-hydroxylation sites is 1. The monoisotopic (exact) mass is 351 g/mol. The fourth-order valence-corrected chi connectivity index (χ4v) is 3.54. The van der Waals surface area contributed by atoms with E-state index in [0.29, 0.717) is 22.5 Å². The molecule has 26 heavy (non-hydrogen) atoms. The van der Waals surface area contributed by atoms with E-state index < -0.39 is 21.8 Å². The van der Waals surface area contributed by atoms with E-state index in [4.69, 9.17) is 0 Å². The summed E-state index contributed by atoms with van der Waals surface area (Å²) < 4.78 is 0. The maximum atomic E-state index is 11.8. The molecule has 0 aromatic heterocycles. The summed E-state index contributed by atoms with van der Waals surface area (Å²) in [6, 6.07) is 14.2. The van der Waals surface area contributed by atoms with Crippen LogP contribution in [0.15, 0.2) is 65.3 Å². The maximum Gasteiger partial charge on any atom is 0.273 e. The molecule has 0 radical (unpaired) electrons. The lowest BCUT2D eigenvalue weighted by Crippen LogP contribution is -2.37. The Morgan fingerprint density at radius 1 is 0.923 bits per heavy atom. The van der Waals surface area contributed by atoms with Crippen LogP contribution < -0.4 is 0 Å². The molecule has 0 N–H and O–H groups in total. The summed E-state index contributed by atoms with van der Waals surface area (Å²) in [6.45, 7) is 3.38. The van der Waals surface area contributed by atoms with E-state index in [1.54, 1.807) is 32.0 Å². The van der Waals surface area contributed by atoms with Gasteiger partial charge in [-0.05, 0) is 25.0 Å². The second kappa shape index (κ2) is 6.87. The number of hydrogen-bond acceptors (Lipinski definition) is 5. The van der Waals surface area contributed by atoms with Crippen molar-refractivity contribution in [1.29, 1.82) is 0 Å². The lowest BCUT2D eigenvalue weighted by molar-refractivity contribution is -0.505. The SMILES string of the molecule is CC1=NC(C)=C(c2ccccc2)C(c2ccccc2[N+](=O)[O-])C1[N+](=O)[O-]. The van der Waals surface area contributed by atoms with Gasteiger partial charge < -0.3 is 0 Å². The maximum absolute atomic E-state index is 11.8. The summed E-state index contributed by atoms with van der Waals surface area (Å²) in [5.74, 6) is -0.786. The predicted octanol–water partition coefficient (Wildman–Crippen LogP) is 4.23. The van der Waals surface area contributed by atoms with Crippen molar-refractivity contribution < 1.29 is 9.85 Å². The molecule has 2 aromatic carbocycles. The van der Waals surface area contributed by atoms with Crippen LogP contribution in [0, 0.1) is 20.2 Å². The number of nitro benzene ring substituents is 1. The molecule has 0 saturated heterocycles. The topological polar surface area (TPSA) is 98.6 Å². The fraction of sp³-hybridized carbons (Fsp3) is 0.211. The van der Waals surface area contributed by atoms with E-state index >= 15 is 0 Å². The van der Waals surface area contributed by atoms with Gasteiger partial charge in [0.25, 0.3) is 11.7 Å². The Hall–Kier alpha value is -3.35. The highest BCUT2D eigenvalue weighted by molar-refractivity contribution is 5.95. The third kappa shape index (κ3) is 2.99. The quantitative estimate of drug-likeness (QED) is 0.608. The molecule has 0 amide bonds. The Kier molecular flexibility index (Phi) is 4.62. The van der Waals surface area contributed by atoms with Gasteiger partial charge in [0.1, 0.15) is 0 Å². The molecular formula is C19H17N3O4. The van der Waals surface area contributed by atoms with Gasteiger partial charge in [0, 0.05) is 22.3 Å². The number of benzene rings is 2. The molecule has 0 saturated carbocycles. The molecule has 2 aromatic rings. The number of nitrogens with zero attached hydrogens (tertiary/aromatic N) is 3. The molecule has 1 heterocycles. The first-order valence-electron chi connectivity index (χ1n) is 8.10. The summed E-state index contributed by atoms with van der Waals surface area (Å²) in [4.78, 5) is 26.9. The number of nitro groups is 2. The van der Waals surface area contributed by atoms with Gasteiger partial charge >= 0.3 is 0 Å². The number of aliphatic imine (C=N–C) groups is 1. The van der Waals surface area contributed by atoms with Gasteiger partial charge in [-0.15, -0.1) is 0 Å². The van der Waals surface area contributed by atoms with Crippen LogP contribution in [0.5, 0.6) is 0 Å². The van der Waals surface area contributed by atoms with Gasteiger partial charge in [0.05, 0.1) is 16.6 Å². The van der Waals surface area contributed by atoms with E-state index in [1.165, 1.54) is 6.07 Å². The average Bonchev–Trinajstić information content (AvgIpc) is 2.61. The number of rotatable bonds is 4. The van der Waals surface area contributed by atoms with Crippen LogP contribution in [-0.2, 0) is 0 Å². The fourth-order valence-electron chi connectivity index (χ4n) is 3.54. The van der Waals surface area contributed by atoms with Crippen molar-refractivity contribution in [2.75, 3.05) is 0 Å². The molecule has 0 spiro atoms. The summed E-state index contributed by atoms with van der Waals surface area (Å²) in [5.41, 5.74) is 2.60. The zero-order valence-corrected chi connectivity index (χ0v) is 14.3. The Bertz CT molecular complexity index is 935. The minimum absolute atomic E-state index is 0.125. The summed E-state index contributed by atoms with van der Waals surface area (Å²) in [7, 11) is 0. The predicted molar refractivity (Wildman–Crippen MR) is 98.8 cm³/mol. The van der Waals surface area contributed by atoms with E-state index in [9.17, 15) is 20.2 Å². The van der Waals surface area contributed by atoms with Crippen LogP contribution in [0.2, 0.25) is 0 Å². The summed E-state index contributed by atoms with van der Waals surface area (Å²) in [6.07, 6.45) is 0. The highest BCUT2D eigenvalue weighted by Gasteiger charge is 2.44. The molecule has 7 heteroatoms. The summed E-state index contributed by atoms with van der Waals surface area (Å²) >= 11 is 0.